The van der Waals surface area contributed by atoms with Crippen molar-refractivity contribution < 1.29 is 33.1 Å². The fourth-order valence-corrected chi connectivity index (χ4v) is 4.17. The lowest BCUT2D eigenvalue weighted by molar-refractivity contribution is -0.145. The van der Waals surface area contributed by atoms with Gasteiger partial charge in [-0.2, -0.15) is 0 Å². The molecule has 38 heavy (non-hydrogen) atoms. The van der Waals surface area contributed by atoms with E-state index in [1.54, 1.807) is 32.9 Å². The number of hydrogen-bond acceptors (Lipinski definition) is 5. The van der Waals surface area contributed by atoms with Gasteiger partial charge in [-0.25, -0.2) is 13.6 Å². The van der Waals surface area contributed by atoms with Crippen molar-refractivity contribution in [3.63, 3.8) is 0 Å². The third-order valence-electron chi connectivity index (χ3n) is 6.52. The zero-order valence-corrected chi connectivity index (χ0v) is 21.7. The van der Waals surface area contributed by atoms with Crippen molar-refractivity contribution >= 4 is 35.2 Å². The quantitative estimate of drug-likeness (QED) is 0.422. The van der Waals surface area contributed by atoms with E-state index in [1.807, 2.05) is 0 Å². The summed E-state index contributed by atoms with van der Waals surface area (Å²) >= 11 is 0. The van der Waals surface area contributed by atoms with Crippen molar-refractivity contribution in [3.05, 3.63) is 59.2 Å². The molecular formula is C26H31F2N5O5. The van der Waals surface area contributed by atoms with E-state index < -0.39 is 64.7 Å². The number of carbonyl (C=O) groups is 4. The van der Waals surface area contributed by atoms with Gasteiger partial charge in [0.1, 0.15) is 35.4 Å². The second-order valence-electron chi connectivity index (χ2n) is 10.3. The number of halogens is 2. The number of nitrogens with two attached hydrogens (primary N) is 1. The van der Waals surface area contributed by atoms with Crippen molar-refractivity contribution in [3.8, 4) is 0 Å². The smallest absolute Gasteiger partial charge is 0.407 e. The molecular weight excluding hydrogens is 500 g/mol. The summed E-state index contributed by atoms with van der Waals surface area (Å²) in [5.41, 5.74) is 5.71. The number of nitrogens with one attached hydrogen (secondary N) is 2. The molecule has 204 valence electrons. The van der Waals surface area contributed by atoms with Crippen molar-refractivity contribution in [1.29, 1.82) is 0 Å². The van der Waals surface area contributed by atoms with E-state index in [1.165, 1.54) is 24.9 Å². The van der Waals surface area contributed by atoms with E-state index in [-0.39, 0.29) is 6.54 Å². The predicted molar refractivity (Wildman–Crippen MR) is 136 cm³/mol. The Morgan fingerprint density at radius 3 is 2.29 bits per heavy atom. The number of likely N-dealkylation sites (N-methyl/N-ethyl adjacent to an activating group) is 1. The van der Waals surface area contributed by atoms with Crippen LogP contribution in [0, 0.1) is 17.0 Å². The van der Waals surface area contributed by atoms with Crippen molar-refractivity contribution in [2.24, 2.45) is 5.41 Å². The van der Waals surface area contributed by atoms with Crippen LogP contribution in [0.15, 0.2) is 36.4 Å². The molecule has 2 aromatic carbocycles. The summed E-state index contributed by atoms with van der Waals surface area (Å²) in [6.07, 6.45) is -1.32. The number of hydrogen-bond donors (Lipinski definition) is 4. The third-order valence-corrected chi connectivity index (χ3v) is 6.52. The molecule has 2 aromatic rings. The summed E-state index contributed by atoms with van der Waals surface area (Å²) in [4.78, 5) is 53.6. The second kappa shape index (κ2) is 10.6. The first-order valence-corrected chi connectivity index (χ1v) is 11.8. The molecule has 1 heterocycles. The third kappa shape index (κ3) is 5.68. The maximum absolute atomic E-state index is 14.3. The van der Waals surface area contributed by atoms with Crippen molar-refractivity contribution in [2.45, 2.75) is 52.4 Å². The molecule has 0 saturated carbocycles. The number of anilines is 2. The van der Waals surface area contributed by atoms with Crippen LogP contribution in [-0.2, 0) is 20.9 Å². The van der Waals surface area contributed by atoms with Crippen molar-refractivity contribution in [1.82, 2.24) is 15.1 Å². The van der Waals surface area contributed by atoms with Crippen LogP contribution in [0.5, 0.6) is 0 Å². The van der Waals surface area contributed by atoms with Gasteiger partial charge in [0, 0.05) is 19.3 Å². The van der Waals surface area contributed by atoms with Crippen LogP contribution in [0.1, 0.15) is 44.9 Å². The van der Waals surface area contributed by atoms with Gasteiger partial charge in [-0.3, -0.25) is 19.3 Å². The van der Waals surface area contributed by atoms with Gasteiger partial charge >= 0.3 is 6.09 Å². The monoisotopic (exact) mass is 531 g/mol. The molecule has 3 rings (SSSR count). The maximum atomic E-state index is 14.3. The summed E-state index contributed by atoms with van der Waals surface area (Å²) in [6.45, 7) is 6.45. The predicted octanol–water partition coefficient (Wildman–Crippen LogP) is 3.10. The van der Waals surface area contributed by atoms with Crippen LogP contribution in [0.2, 0.25) is 0 Å². The van der Waals surface area contributed by atoms with Crippen LogP contribution in [-0.4, -0.2) is 57.9 Å². The van der Waals surface area contributed by atoms with Gasteiger partial charge in [-0.1, -0.05) is 32.9 Å². The molecule has 0 aromatic heterocycles. The summed E-state index contributed by atoms with van der Waals surface area (Å²) in [6, 6.07) is 4.31. The van der Waals surface area contributed by atoms with Gasteiger partial charge in [-0.05, 0) is 47.7 Å². The number of fused-ring (bicyclic) bond motifs is 1. The Kier molecular flexibility index (Phi) is 7.94. The van der Waals surface area contributed by atoms with Crippen LogP contribution < -0.4 is 16.4 Å². The van der Waals surface area contributed by atoms with Crippen LogP contribution in [0.3, 0.4) is 0 Å². The lowest BCUT2D eigenvalue weighted by atomic mass is 9.85. The van der Waals surface area contributed by atoms with Gasteiger partial charge in [0.25, 0.3) is 5.91 Å². The van der Waals surface area contributed by atoms with Gasteiger partial charge in [-0.15, -0.1) is 0 Å². The molecule has 0 fully saturated rings. The highest BCUT2D eigenvalue weighted by molar-refractivity contribution is 6.00. The highest BCUT2D eigenvalue weighted by Gasteiger charge is 2.45. The number of amides is 4. The zero-order chi connectivity index (χ0) is 28.5. The SMILES string of the molecule is CC(C(=O)NC(C(=O)N1Cc2ccc(N)cc2[C@H]1C(=O)Nc1c(F)cccc1F)C(C)(C)C)N(C)C(=O)O. The first-order chi connectivity index (χ1) is 17.6. The Balaban J connectivity index is 1.99. The Morgan fingerprint density at radius 1 is 1.13 bits per heavy atom. The summed E-state index contributed by atoms with van der Waals surface area (Å²) in [5.74, 6) is -4.19. The Labute approximate surface area is 218 Å². The van der Waals surface area contributed by atoms with E-state index in [4.69, 9.17) is 5.73 Å². The molecule has 4 amide bonds. The minimum Gasteiger partial charge on any atom is -0.465 e. The first-order valence-electron chi connectivity index (χ1n) is 11.8. The lowest BCUT2D eigenvalue weighted by Crippen LogP contribution is -2.58. The molecule has 0 bridgehead atoms. The number of benzene rings is 2. The van der Waals surface area contributed by atoms with Gasteiger partial charge in [0.05, 0.1) is 0 Å². The molecule has 0 radical (unpaired) electrons. The summed E-state index contributed by atoms with van der Waals surface area (Å²) in [5, 5.41) is 14.1. The van der Waals surface area contributed by atoms with Crippen LogP contribution >= 0.6 is 0 Å². The van der Waals surface area contributed by atoms with E-state index in [2.05, 4.69) is 10.6 Å². The average Bonchev–Trinajstić information content (AvgIpc) is 3.21. The molecule has 1 aliphatic rings. The molecule has 5 N–H and O–H groups in total. The standard InChI is InChI=1S/C26H31F2N5O5/c1-13(32(5)25(37)38)22(34)31-21(26(2,3)4)24(36)33-12-14-9-10-15(29)11-16(14)20(33)23(35)30-19-17(27)7-6-8-18(19)28/h6-11,13,20-21H,12,29H2,1-5H3,(H,30,35)(H,31,34)(H,37,38)/t13?,20-,21?/m0/s1. The van der Waals surface area contributed by atoms with Gasteiger partial charge < -0.3 is 26.4 Å². The largest absolute Gasteiger partial charge is 0.465 e. The molecule has 0 aliphatic carbocycles. The van der Waals surface area contributed by atoms with E-state index >= 15 is 0 Å². The number of rotatable bonds is 6. The van der Waals surface area contributed by atoms with Gasteiger partial charge in [0.2, 0.25) is 11.8 Å². The molecule has 12 heteroatoms. The zero-order valence-electron chi connectivity index (χ0n) is 21.7. The number of nitrogens with zero attached hydrogens (tertiary/aromatic N) is 2. The Hall–Kier alpha value is -4.22. The van der Waals surface area contributed by atoms with Crippen LogP contribution in [0.4, 0.5) is 25.0 Å². The Morgan fingerprint density at radius 2 is 1.74 bits per heavy atom. The first kappa shape index (κ1) is 28.4. The van der Waals surface area contributed by atoms with Gasteiger partial charge in [0.15, 0.2) is 0 Å². The highest BCUT2D eigenvalue weighted by Crippen LogP contribution is 2.38. The fraction of sp³-hybridized carbons (Fsp3) is 0.385. The average molecular weight is 532 g/mol. The van der Waals surface area contributed by atoms with E-state index in [9.17, 15) is 33.1 Å². The minimum atomic E-state index is -1.32. The molecule has 10 nitrogen and oxygen atoms in total. The fourth-order valence-electron chi connectivity index (χ4n) is 4.17. The van der Waals surface area contributed by atoms with Crippen molar-refractivity contribution in [2.75, 3.05) is 18.1 Å². The minimum absolute atomic E-state index is 0.0285. The lowest BCUT2D eigenvalue weighted by Gasteiger charge is -2.36. The molecule has 2 unspecified atom stereocenters. The number of para-hydroxylation sites is 1. The van der Waals surface area contributed by atoms with Crippen LogP contribution in [0.25, 0.3) is 0 Å². The normalized spacial score (nSPS) is 16.3. The molecule has 1 aliphatic heterocycles. The van der Waals surface area contributed by atoms with E-state index in [0.717, 1.165) is 23.1 Å². The maximum Gasteiger partial charge on any atom is 0.407 e. The molecule has 0 spiro atoms. The number of carboxylic acid groups (broad SMARTS) is 1. The summed E-state index contributed by atoms with van der Waals surface area (Å²) in [7, 11) is 1.23. The molecule has 0 saturated heterocycles. The summed E-state index contributed by atoms with van der Waals surface area (Å²) < 4.78 is 28.6. The van der Waals surface area contributed by atoms with E-state index in [0.29, 0.717) is 16.8 Å². The number of carbonyl (C=O) groups excluding carboxylic acids is 3. The molecule has 3 atom stereocenters. The Bertz CT molecular complexity index is 1260. The topological polar surface area (TPSA) is 145 Å². The highest BCUT2D eigenvalue weighted by atomic mass is 19.1. The second-order valence-corrected chi connectivity index (χ2v) is 10.3. The number of nitrogen functional groups attached to an aromatic ring is 1.